The fourth-order valence-corrected chi connectivity index (χ4v) is 2.18. The highest BCUT2D eigenvalue weighted by Crippen LogP contribution is 2.20. The van der Waals surface area contributed by atoms with Crippen LogP contribution >= 0.6 is 0 Å². The molecule has 1 aromatic rings. The largest absolute Gasteiger partial charge is 0.455 e. The van der Waals surface area contributed by atoms with E-state index in [4.69, 9.17) is 9.47 Å². The summed E-state index contributed by atoms with van der Waals surface area (Å²) >= 11 is 0. The molecule has 0 N–H and O–H groups in total. The maximum atomic E-state index is 12.2. The van der Waals surface area contributed by atoms with Crippen LogP contribution in [0.3, 0.4) is 0 Å². The Morgan fingerprint density at radius 2 is 1.69 bits per heavy atom. The third-order valence-electron chi connectivity index (χ3n) is 3.22. The van der Waals surface area contributed by atoms with E-state index in [2.05, 4.69) is 4.98 Å². The molecule has 0 atom stereocenters. The average Bonchev–Trinajstić information content (AvgIpc) is 2.52. The van der Waals surface area contributed by atoms with Crippen molar-refractivity contribution >= 4 is 17.6 Å². The summed E-state index contributed by atoms with van der Waals surface area (Å²) in [4.78, 5) is 30.1. The van der Waals surface area contributed by atoms with Gasteiger partial charge in [-0.1, -0.05) is 12.1 Å². The summed E-state index contributed by atoms with van der Waals surface area (Å²) in [6.07, 6.45) is 4.89. The number of pyridine rings is 1. The molecule has 2 rings (SSSR count). The zero-order valence-electron chi connectivity index (χ0n) is 16.2. The first kappa shape index (κ1) is 19.7. The van der Waals surface area contributed by atoms with Gasteiger partial charge in [0.2, 0.25) is 0 Å². The topological polar surface area (TPSA) is 68.7 Å². The molecular formula is C20H26N2O4. The lowest BCUT2D eigenvalue weighted by Crippen LogP contribution is -2.34. The quantitative estimate of drug-likeness (QED) is 0.742. The Kier molecular flexibility index (Phi) is 5.54. The van der Waals surface area contributed by atoms with Crippen LogP contribution in [0, 0.1) is 0 Å². The van der Waals surface area contributed by atoms with Crippen LogP contribution in [0.2, 0.25) is 0 Å². The standard InChI is InChI=1S/C20H26N2O4/c1-19(2,3)25-17(23)16-9-7-8-15(21-16)14-10-12-22(13-11-14)18(24)26-20(4,5)6/h7-12H,13H2,1-6H3. The first-order chi connectivity index (χ1) is 11.9. The van der Waals surface area contributed by atoms with E-state index < -0.39 is 23.3 Å². The normalized spacial score (nSPS) is 14.7. The predicted molar refractivity (Wildman–Crippen MR) is 99.5 cm³/mol. The van der Waals surface area contributed by atoms with Crippen molar-refractivity contribution in [3.63, 3.8) is 0 Å². The third kappa shape index (κ3) is 5.72. The van der Waals surface area contributed by atoms with E-state index in [1.807, 2.05) is 53.7 Å². The molecule has 0 saturated heterocycles. The Balaban J connectivity index is 2.09. The van der Waals surface area contributed by atoms with Gasteiger partial charge in [0.1, 0.15) is 16.9 Å². The summed E-state index contributed by atoms with van der Waals surface area (Å²) in [5.74, 6) is -0.463. The highest BCUT2D eigenvalue weighted by atomic mass is 16.6. The Morgan fingerprint density at radius 3 is 2.23 bits per heavy atom. The molecule has 1 amide bonds. The van der Waals surface area contributed by atoms with Crippen LogP contribution in [0.5, 0.6) is 0 Å². The number of aromatic nitrogens is 1. The Bertz CT molecular complexity index is 752. The van der Waals surface area contributed by atoms with E-state index in [1.54, 1.807) is 24.4 Å². The molecule has 0 unspecified atom stereocenters. The zero-order valence-corrected chi connectivity index (χ0v) is 16.2. The van der Waals surface area contributed by atoms with Crippen LogP contribution in [0.25, 0.3) is 5.57 Å². The van der Waals surface area contributed by atoms with Crippen molar-refractivity contribution < 1.29 is 19.1 Å². The van der Waals surface area contributed by atoms with Gasteiger partial charge in [-0.25, -0.2) is 14.6 Å². The molecule has 0 bridgehead atoms. The van der Waals surface area contributed by atoms with Gasteiger partial charge in [-0.05, 0) is 65.3 Å². The molecule has 2 heterocycles. The van der Waals surface area contributed by atoms with E-state index in [0.29, 0.717) is 12.2 Å². The number of carbonyl (C=O) groups excluding carboxylic acids is 2. The third-order valence-corrected chi connectivity index (χ3v) is 3.22. The maximum Gasteiger partial charge on any atom is 0.414 e. The zero-order chi connectivity index (χ0) is 19.5. The molecule has 1 aliphatic rings. The Hall–Kier alpha value is -2.63. The number of hydrogen-bond acceptors (Lipinski definition) is 5. The molecule has 6 nitrogen and oxygen atoms in total. The first-order valence-corrected chi connectivity index (χ1v) is 8.53. The van der Waals surface area contributed by atoms with Crippen molar-refractivity contribution in [2.75, 3.05) is 6.54 Å². The van der Waals surface area contributed by atoms with Crippen molar-refractivity contribution in [1.29, 1.82) is 0 Å². The predicted octanol–water partition coefficient (Wildman–Crippen LogP) is 4.18. The average molecular weight is 358 g/mol. The van der Waals surface area contributed by atoms with Crippen LogP contribution in [0.15, 0.2) is 36.6 Å². The van der Waals surface area contributed by atoms with Gasteiger partial charge in [-0.2, -0.15) is 0 Å². The molecular weight excluding hydrogens is 332 g/mol. The van der Waals surface area contributed by atoms with Crippen molar-refractivity contribution in [3.05, 3.63) is 47.9 Å². The van der Waals surface area contributed by atoms with Gasteiger partial charge < -0.3 is 9.47 Å². The molecule has 26 heavy (non-hydrogen) atoms. The maximum absolute atomic E-state index is 12.2. The summed E-state index contributed by atoms with van der Waals surface area (Å²) in [5, 5.41) is 0. The van der Waals surface area contributed by atoms with E-state index >= 15 is 0 Å². The SMILES string of the molecule is CC(C)(C)OC(=O)c1cccc(C2=CCN(C(=O)OC(C)(C)C)C=C2)n1. The molecule has 0 radical (unpaired) electrons. The van der Waals surface area contributed by atoms with Crippen molar-refractivity contribution in [2.45, 2.75) is 52.7 Å². The van der Waals surface area contributed by atoms with Crippen molar-refractivity contribution in [1.82, 2.24) is 9.88 Å². The fraction of sp³-hybridized carbons (Fsp3) is 0.450. The minimum atomic E-state index is -0.577. The monoisotopic (exact) mass is 358 g/mol. The molecule has 0 aliphatic carbocycles. The van der Waals surface area contributed by atoms with Crippen LogP contribution in [0.4, 0.5) is 4.79 Å². The number of esters is 1. The lowest BCUT2D eigenvalue weighted by Gasteiger charge is -2.26. The van der Waals surface area contributed by atoms with Crippen LogP contribution in [0.1, 0.15) is 57.7 Å². The summed E-state index contributed by atoms with van der Waals surface area (Å²) < 4.78 is 10.7. The summed E-state index contributed by atoms with van der Waals surface area (Å²) in [6, 6.07) is 5.20. The second kappa shape index (κ2) is 7.32. The summed E-state index contributed by atoms with van der Waals surface area (Å²) in [7, 11) is 0. The van der Waals surface area contributed by atoms with Crippen LogP contribution < -0.4 is 0 Å². The minimum Gasteiger partial charge on any atom is -0.455 e. The van der Waals surface area contributed by atoms with Gasteiger partial charge >= 0.3 is 12.1 Å². The molecule has 0 spiro atoms. The van der Waals surface area contributed by atoms with Gasteiger partial charge in [0.05, 0.1) is 5.69 Å². The van der Waals surface area contributed by atoms with Crippen molar-refractivity contribution in [3.8, 4) is 0 Å². The molecule has 1 aliphatic heterocycles. The number of ether oxygens (including phenoxy) is 2. The molecule has 0 fully saturated rings. The number of rotatable bonds is 2. The Morgan fingerprint density at radius 1 is 1.04 bits per heavy atom. The van der Waals surface area contributed by atoms with Crippen LogP contribution in [-0.4, -0.2) is 39.7 Å². The lowest BCUT2D eigenvalue weighted by atomic mass is 10.1. The van der Waals surface area contributed by atoms with Gasteiger partial charge in [-0.15, -0.1) is 0 Å². The fourth-order valence-electron chi connectivity index (χ4n) is 2.18. The number of hydrogen-bond donors (Lipinski definition) is 0. The lowest BCUT2D eigenvalue weighted by molar-refractivity contribution is 0.00623. The number of allylic oxidation sites excluding steroid dienone is 2. The van der Waals surface area contributed by atoms with E-state index in [9.17, 15) is 9.59 Å². The number of nitrogens with zero attached hydrogens (tertiary/aromatic N) is 2. The molecule has 0 aromatic carbocycles. The highest BCUT2D eigenvalue weighted by Gasteiger charge is 2.22. The highest BCUT2D eigenvalue weighted by molar-refractivity contribution is 5.88. The second-order valence-electron chi connectivity index (χ2n) is 8.02. The van der Waals surface area contributed by atoms with Crippen molar-refractivity contribution in [2.24, 2.45) is 0 Å². The molecule has 6 heteroatoms. The van der Waals surface area contributed by atoms with Gasteiger partial charge in [0.15, 0.2) is 0 Å². The number of carbonyl (C=O) groups is 2. The first-order valence-electron chi connectivity index (χ1n) is 8.53. The summed E-state index contributed by atoms with van der Waals surface area (Å²) in [6.45, 7) is 11.3. The Labute approximate surface area is 154 Å². The number of amides is 1. The summed E-state index contributed by atoms with van der Waals surface area (Å²) in [5.41, 5.74) is 0.607. The van der Waals surface area contributed by atoms with E-state index in [-0.39, 0.29) is 5.69 Å². The van der Waals surface area contributed by atoms with Gasteiger partial charge in [-0.3, -0.25) is 4.90 Å². The van der Waals surface area contributed by atoms with E-state index in [1.165, 1.54) is 4.90 Å². The van der Waals surface area contributed by atoms with Crippen LogP contribution in [-0.2, 0) is 9.47 Å². The molecule has 1 aromatic heterocycles. The minimum absolute atomic E-state index is 0.251. The second-order valence-corrected chi connectivity index (χ2v) is 8.02. The smallest absolute Gasteiger partial charge is 0.414 e. The molecule has 0 saturated carbocycles. The molecule has 140 valence electrons. The van der Waals surface area contributed by atoms with E-state index in [0.717, 1.165) is 5.57 Å². The van der Waals surface area contributed by atoms with Gasteiger partial charge in [0, 0.05) is 12.7 Å². The van der Waals surface area contributed by atoms with Gasteiger partial charge in [0.25, 0.3) is 0 Å².